The Morgan fingerprint density at radius 1 is 0.652 bits per heavy atom. The third-order valence-electron chi connectivity index (χ3n) is 11.5. The molecule has 8 atom stereocenters. The van der Waals surface area contributed by atoms with Crippen molar-refractivity contribution in [3.63, 3.8) is 0 Å². The van der Waals surface area contributed by atoms with Crippen LogP contribution in [0.25, 0.3) is 0 Å². The fraction of sp³-hybridized carbons (Fsp3) is 0.467. The van der Waals surface area contributed by atoms with Crippen molar-refractivity contribution in [1.82, 2.24) is 19.6 Å². The van der Waals surface area contributed by atoms with Crippen LogP contribution in [0.15, 0.2) is 48.5 Å². The van der Waals surface area contributed by atoms with Crippen molar-refractivity contribution in [3.8, 4) is 0 Å². The number of anilines is 2. The van der Waals surface area contributed by atoms with Gasteiger partial charge in [0.1, 0.15) is 12.3 Å². The number of aliphatic hydroxyl groups is 2. The maximum Gasteiger partial charge on any atom is 0.264 e. The SMILES string of the molecule is CN1C(=O)C2(S)CC3(C45CC6(S)C(=O)N(C)C(S)(CO)C(=O)N6C4Nc4ccccc45)c4ccccc4NC3N2C(=O)C1(S)CO. The highest BCUT2D eigenvalue weighted by Crippen LogP contribution is 2.73. The minimum atomic E-state index is -1.86. The summed E-state index contributed by atoms with van der Waals surface area (Å²) in [5.41, 5.74) is 0.544. The second-order valence-corrected chi connectivity index (χ2v) is 16.1. The zero-order valence-electron chi connectivity index (χ0n) is 24.7. The smallest absolute Gasteiger partial charge is 0.264 e. The van der Waals surface area contributed by atoms with Crippen molar-refractivity contribution in [2.45, 2.75) is 55.5 Å². The summed E-state index contributed by atoms with van der Waals surface area (Å²) in [7, 11) is 2.84. The van der Waals surface area contributed by atoms with Crippen LogP contribution in [0.3, 0.4) is 0 Å². The number of nitrogens with zero attached hydrogens (tertiary/aromatic N) is 4. The molecule has 6 heterocycles. The zero-order chi connectivity index (χ0) is 33.0. The van der Waals surface area contributed by atoms with Gasteiger partial charge in [-0.25, -0.2) is 0 Å². The number of para-hydroxylation sites is 2. The molecule has 2 aromatic rings. The molecular formula is C30H32N6O6S4. The van der Waals surface area contributed by atoms with Gasteiger partial charge in [0.15, 0.2) is 19.5 Å². The average Bonchev–Trinajstić information content (AvgIpc) is 3.71. The molecule has 8 rings (SSSR count). The zero-order valence-corrected chi connectivity index (χ0v) is 28.3. The van der Waals surface area contributed by atoms with Crippen molar-refractivity contribution in [1.29, 1.82) is 0 Å². The monoisotopic (exact) mass is 700 g/mol. The number of hydrogen-bond acceptors (Lipinski definition) is 12. The summed E-state index contributed by atoms with van der Waals surface area (Å²) in [6.45, 7) is -1.48. The van der Waals surface area contributed by atoms with Crippen molar-refractivity contribution in [2.75, 3.05) is 37.9 Å². The van der Waals surface area contributed by atoms with Crippen LogP contribution in [0, 0.1) is 0 Å². The number of fused-ring (bicyclic) bond motifs is 11. The van der Waals surface area contributed by atoms with Crippen LogP contribution in [0.5, 0.6) is 0 Å². The first-order valence-electron chi connectivity index (χ1n) is 14.7. The molecule has 0 aromatic heterocycles. The fourth-order valence-corrected chi connectivity index (χ4v) is 10.9. The number of benzene rings is 2. The topological polar surface area (TPSA) is 146 Å². The van der Waals surface area contributed by atoms with E-state index in [4.69, 9.17) is 25.3 Å². The second-order valence-electron chi connectivity index (χ2n) is 13.1. The lowest BCUT2D eigenvalue weighted by molar-refractivity contribution is -0.165. The summed E-state index contributed by atoms with van der Waals surface area (Å²) >= 11 is 19.1. The Balaban J connectivity index is 1.46. The first-order chi connectivity index (χ1) is 21.6. The van der Waals surface area contributed by atoms with E-state index in [-0.39, 0.29) is 12.8 Å². The first kappa shape index (κ1) is 30.6. The van der Waals surface area contributed by atoms with Gasteiger partial charge in [0.2, 0.25) is 0 Å². The van der Waals surface area contributed by atoms with E-state index >= 15 is 0 Å². The van der Waals surface area contributed by atoms with Crippen LogP contribution in [0.2, 0.25) is 0 Å². The molecule has 4 saturated heterocycles. The van der Waals surface area contributed by atoms with Gasteiger partial charge in [-0.2, -0.15) is 0 Å². The van der Waals surface area contributed by atoms with Crippen LogP contribution >= 0.6 is 50.5 Å². The number of thiol groups is 4. The number of nitrogens with one attached hydrogen (secondary N) is 2. The van der Waals surface area contributed by atoms with Gasteiger partial charge in [0, 0.05) is 38.3 Å². The Hall–Kier alpha value is -2.76. The average molecular weight is 701 g/mol. The van der Waals surface area contributed by atoms with Crippen molar-refractivity contribution in [3.05, 3.63) is 59.7 Å². The van der Waals surface area contributed by atoms with E-state index in [1.54, 1.807) is 0 Å². The molecule has 6 aliphatic rings. The molecule has 6 aliphatic heterocycles. The van der Waals surface area contributed by atoms with E-state index in [2.05, 4.69) is 35.9 Å². The van der Waals surface area contributed by atoms with E-state index in [9.17, 15) is 29.4 Å². The fourth-order valence-electron chi connectivity index (χ4n) is 9.27. The molecule has 8 unspecified atom stereocenters. The Labute approximate surface area is 286 Å². The summed E-state index contributed by atoms with van der Waals surface area (Å²) in [6.07, 6.45) is -1.89. The van der Waals surface area contributed by atoms with Gasteiger partial charge < -0.3 is 30.6 Å². The number of likely N-dealkylation sites (N-methyl/N-ethyl adjacent to an activating group) is 2. The lowest BCUT2D eigenvalue weighted by Gasteiger charge is -2.51. The van der Waals surface area contributed by atoms with Crippen LogP contribution < -0.4 is 10.6 Å². The minimum absolute atomic E-state index is 0.0174. The third kappa shape index (κ3) is 2.96. The largest absolute Gasteiger partial charge is 0.392 e. The lowest BCUT2D eigenvalue weighted by Crippen LogP contribution is -2.74. The van der Waals surface area contributed by atoms with Gasteiger partial charge in [-0.3, -0.25) is 29.0 Å². The molecule has 4 amide bonds. The van der Waals surface area contributed by atoms with Gasteiger partial charge in [0.05, 0.1) is 24.0 Å². The third-order valence-corrected chi connectivity index (χ3v) is 13.9. The van der Waals surface area contributed by atoms with E-state index < -0.39 is 79.5 Å². The summed E-state index contributed by atoms with van der Waals surface area (Å²) in [5.74, 6) is -2.30. The quantitative estimate of drug-likeness (QED) is 0.213. The molecule has 2 aromatic carbocycles. The van der Waals surface area contributed by atoms with E-state index in [1.165, 1.54) is 23.9 Å². The highest BCUT2D eigenvalue weighted by atomic mass is 32.1. The van der Waals surface area contributed by atoms with Gasteiger partial charge in [-0.15, -0.1) is 50.5 Å². The number of carbonyl (C=O) groups is 4. The lowest BCUT2D eigenvalue weighted by atomic mass is 9.54. The van der Waals surface area contributed by atoms with Crippen LogP contribution in [0.4, 0.5) is 11.4 Å². The second kappa shape index (κ2) is 9.02. The predicted octanol–water partition coefficient (Wildman–Crippen LogP) is 0.263. The Kier molecular flexibility index (Phi) is 5.99. The normalized spacial score (nSPS) is 41.9. The van der Waals surface area contributed by atoms with Gasteiger partial charge in [-0.05, 0) is 23.3 Å². The van der Waals surface area contributed by atoms with Gasteiger partial charge in [-0.1, -0.05) is 36.4 Å². The van der Waals surface area contributed by atoms with Crippen molar-refractivity contribution >= 4 is 85.5 Å². The summed E-state index contributed by atoms with van der Waals surface area (Å²) in [6, 6.07) is 15.1. The summed E-state index contributed by atoms with van der Waals surface area (Å²) in [4.78, 5) is 55.6. The maximum atomic E-state index is 14.5. The molecule has 16 heteroatoms. The molecule has 0 saturated carbocycles. The number of aliphatic hydroxyl groups excluding tert-OH is 2. The molecule has 0 radical (unpaired) electrons. The number of carbonyl (C=O) groups excluding carboxylic acids is 4. The maximum absolute atomic E-state index is 14.5. The standard InChI is InChI=1S/C30H32N6O6S4/c1-33-21(39)27(43)11-25(15-7-3-5-9-17(15)31-19(25)35(27)23(41)29(33,45)13-37)26-12-28(44)22(40)34(2)30(46,14-38)24(42)36(28)20(26)32-18-10-6-4-8-16(18)26/h3-10,19-20,31-32,37-38,43-46H,11-14H2,1-2H3. The Morgan fingerprint density at radius 3 is 1.35 bits per heavy atom. The van der Waals surface area contributed by atoms with Crippen LogP contribution in [-0.2, 0) is 30.0 Å². The number of rotatable bonds is 3. The molecular weight excluding hydrogens is 669 g/mol. The van der Waals surface area contributed by atoms with Crippen LogP contribution in [0.1, 0.15) is 24.0 Å². The number of hydrogen-bond donors (Lipinski definition) is 8. The van der Waals surface area contributed by atoms with Crippen LogP contribution in [-0.4, -0.2) is 113 Å². The molecule has 0 bridgehead atoms. The molecule has 46 heavy (non-hydrogen) atoms. The molecule has 0 spiro atoms. The Bertz CT molecular complexity index is 1680. The van der Waals surface area contributed by atoms with E-state index in [0.717, 1.165) is 20.9 Å². The molecule has 242 valence electrons. The number of amides is 4. The van der Waals surface area contributed by atoms with Gasteiger partial charge >= 0.3 is 0 Å². The molecule has 4 N–H and O–H groups in total. The van der Waals surface area contributed by atoms with E-state index in [1.807, 2.05) is 48.5 Å². The molecule has 0 aliphatic carbocycles. The molecule has 12 nitrogen and oxygen atoms in total. The Morgan fingerprint density at radius 2 is 1.00 bits per heavy atom. The predicted molar refractivity (Wildman–Crippen MR) is 181 cm³/mol. The highest BCUT2D eigenvalue weighted by molar-refractivity contribution is 7.84. The minimum Gasteiger partial charge on any atom is -0.392 e. The van der Waals surface area contributed by atoms with E-state index in [0.29, 0.717) is 11.4 Å². The molecule has 4 fully saturated rings. The highest BCUT2D eigenvalue weighted by Gasteiger charge is 2.84. The summed E-state index contributed by atoms with van der Waals surface area (Å²) in [5, 5.41) is 27.9. The first-order valence-corrected chi connectivity index (χ1v) is 16.5. The van der Waals surface area contributed by atoms with Gasteiger partial charge in [0.25, 0.3) is 23.6 Å². The van der Waals surface area contributed by atoms with Crippen molar-refractivity contribution < 1.29 is 29.4 Å². The summed E-state index contributed by atoms with van der Waals surface area (Å²) < 4.78 is 0. The van der Waals surface area contributed by atoms with Crippen molar-refractivity contribution in [2.24, 2.45) is 0 Å². The number of piperazine rings is 2.